The smallest absolute Gasteiger partial charge is 0.154 e. The lowest BCUT2D eigenvalue weighted by Gasteiger charge is -2.09. The van der Waals surface area contributed by atoms with E-state index in [1.165, 1.54) is 12.8 Å². The number of aromatic nitrogens is 1. The van der Waals surface area contributed by atoms with E-state index in [0.29, 0.717) is 12.5 Å². The van der Waals surface area contributed by atoms with Crippen LogP contribution in [0.1, 0.15) is 38.3 Å². The summed E-state index contributed by atoms with van der Waals surface area (Å²) in [4.78, 5) is 0. The second kappa shape index (κ2) is 5.05. The van der Waals surface area contributed by atoms with Gasteiger partial charge in [0.1, 0.15) is 0 Å². The molecule has 1 aromatic rings. The zero-order valence-electron chi connectivity index (χ0n) is 11.0. The van der Waals surface area contributed by atoms with E-state index in [1.807, 2.05) is 23.0 Å². The summed E-state index contributed by atoms with van der Waals surface area (Å²) in [5.74, 6) is 0.817. The minimum absolute atomic E-state index is 0.118. The van der Waals surface area contributed by atoms with Gasteiger partial charge in [-0.3, -0.25) is 0 Å². The quantitative estimate of drug-likeness (QED) is 0.856. The van der Waals surface area contributed by atoms with E-state index < -0.39 is 9.84 Å². The van der Waals surface area contributed by atoms with Crippen LogP contribution >= 0.6 is 0 Å². The highest BCUT2D eigenvalue weighted by atomic mass is 32.2. The predicted octanol–water partition coefficient (Wildman–Crippen LogP) is 1.72. The molecule has 5 heteroatoms. The fourth-order valence-electron chi connectivity index (χ4n) is 1.99. The van der Waals surface area contributed by atoms with E-state index in [4.69, 9.17) is 5.73 Å². The van der Waals surface area contributed by atoms with Gasteiger partial charge in [0.2, 0.25) is 0 Å². The van der Waals surface area contributed by atoms with Gasteiger partial charge in [0, 0.05) is 25.0 Å². The number of nitrogens with zero attached hydrogens (tertiary/aromatic N) is 1. The summed E-state index contributed by atoms with van der Waals surface area (Å²) < 4.78 is 25.4. The van der Waals surface area contributed by atoms with Gasteiger partial charge >= 0.3 is 0 Å². The largest absolute Gasteiger partial charge is 0.353 e. The molecule has 1 aliphatic rings. The van der Waals surface area contributed by atoms with Crippen LogP contribution in [0.4, 0.5) is 0 Å². The standard InChI is InChI=1S/C13H22N2O2S/c1-10(2)18(16,17)8-7-15-6-5-12(9-15)13(14)11-3-4-11/h5-6,9-11,13H,3-4,7-8,14H2,1-2H3. The summed E-state index contributed by atoms with van der Waals surface area (Å²) in [6.07, 6.45) is 6.34. The first-order chi connectivity index (χ1) is 8.40. The van der Waals surface area contributed by atoms with Gasteiger partial charge in [-0.15, -0.1) is 0 Å². The Hall–Kier alpha value is -0.810. The van der Waals surface area contributed by atoms with E-state index in [0.717, 1.165) is 5.56 Å². The van der Waals surface area contributed by atoms with Crippen molar-refractivity contribution in [1.82, 2.24) is 4.57 Å². The third-order valence-corrected chi connectivity index (χ3v) is 5.83. The van der Waals surface area contributed by atoms with E-state index >= 15 is 0 Å². The number of aryl methyl sites for hydroxylation is 1. The highest BCUT2D eigenvalue weighted by molar-refractivity contribution is 7.91. The summed E-state index contributed by atoms with van der Waals surface area (Å²) in [6.45, 7) is 3.96. The SMILES string of the molecule is CC(C)S(=O)(=O)CCn1ccc(C(N)C2CC2)c1. The van der Waals surface area contributed by atoms with Gasteiger partial charge in [0.25, 0.3) is 0 Å². The highest BCUT2D eigenvalue weighted by Crippen LogP contribution is 2.39. The number of sulfone groups is 1. The summed E-state index contributed by atoms with van der Waals surface area (Å²) >= 11 is 0. The van der Waals surface area contributed by atoms with Crippen molar-refractivity contribution in [3.63, 3.8) is 0 Å². The van der Waals surface area contributed by atoms with Crippen LogP contribution in [0, 0.1) is 5.92 Å². The fourth-order valence-corrected chi connectivity index (χ4v) is 2.93. The lowest BCUT2D eigenvalue weighted by molar-refractivity contribution is 0.580. The van der Waals surface area contributed by atoms with Crippen LogP contribution in [-0.4, -0.2) is 24.0 Å². The molecule has 102 valence electrons. The number of hydrogen-bond donors (Lipinski definition) is 1. The van der Waals surface area contributed by atoms with Crippen LogP contribution in [0.5, 0.6) is 0 Å². The maximum Gasteiger partial charge on any atom is 0.154 e. The molecule has 1 atom stereocenters. The molecule has 1 aromatic heterocycles. The van der Waals surface area contributed by atoms with Gasteiger partial charge in [-0.1, -0.05) is 0 Å². The van der Waals surface area contributed by atoms with Crippen molar-refractivity contribution in [1.29, 1.82) is 0 Å². The summed E-state index contributed by atoms with van der Waals surface area (Å²) in [6, 6.07) is 2.12. The molecule has 1 unspecified atom stereocenters. The van der Waals surface area contributed by atoms with Crippen molar-refractivity contribution in [2.75, 3.05) is 5.75 Å². The van der Waals surface area contributed by atoms with Crippen molar-refractivity contribution < 1.29 is 8.42 Å². The average Bonchev–Trinajstić information content (AvgIpc) is 3.04. The number of rotatable bonds is 6. The summed E-state index contributed by atoms with van der Waals surface area (Å²) in [5.41, 5.74) is 7.24. The molecular weight excluding hydrogens is 248 g/mol. The molecule has 0 bridgehead atoms. The summed E-state index contributed by atoms with van der Waals surface area (Å²) in [7, 11) is -2.96. The van der Waals surface area contributed by atoms with Crippen molar-refractivity contribution in [2.45, 2.75) is 44.5 Å². The molecule has 0 amide bonds. The molecule has 1 saturated carbocycles. The maximum atomic E-state index is 11.7. The van der Waals surface area contributed by atoms with Crippen LogP contribution < -0.4 is 5.73 Å². The van der Waals surface area contributed by atoms with Crippen molar-refractivity contribution in [2.24, 2.45) is 11.7 Å². The molecule has 1 fully saturated rings. The molecule has 1 aliphatic carbocycles. The Bertz CT molecular complexity index is 501. The Morgan fingerprint density at radius 1 is 1.44 bits per heavy atom. The molecule has 2 N–H and O–H groups in total. The molecule has 4 nitrogen and oxygen atoms in total. The van der Waals surface area contributed by atoms with Crippen molar-refractivity contribution >= 4 is 9.84 Å². The molecule has 0 radical (unpaired) electrons. The Morgan fingerprint density at radius 2 is 2.11 bits per heavy atom. The van der Waals surface area contributed by atoms with Crippen LogP contribution in [-0.2, 0) is 16.4 Å². The lowest BCUT2D eigenvalue weighted by atomic mass is 10.1. The predicted molar refractivity (Wildman–Crippen MR) is 73.0 cm³/mol. The minimum Gasteiger partial charge on any atom is -0.353 e. The maximum absolute atomic E-state index is 11.7. The Balaban J connectivity index is 1.94. The van der Waals surface area contributed by atoms with Gasteiger partial charge in [-0.2, -0.15) is 0 Å². The first kappa shape index (κ1) is 13.6. The zero-order valence-corrected chi connectivity index (χ0v) is 11.9. The third-order valence-electron chi connectivity index (χ3n) is 3.64. The second-order valence-corrected chi connectivity index (χ2v) is 8.14. The van der Waals surface area contributed by atoms with Crippen LogP contribution in [0.3, 0.4) is 0 Å². The van der Waals surface area contributed by atoms with Gasteiger partial charge in [0.05, 0.1) is 11.0 Å². The normalized spacial score (nSPS) is 18.2. The second-order valence-electron chi connectivity index (χ2n) is 5.46. The third kappa shape index (κ3) is 3.14. The topological polar surface area (TPSA) is 65.1 Å². The van der Waals surface area contributed by atoms with Gasteiger partial charge in [0.15, 0.2) is 9.84 Å². The fraction of sp³-hybridized carbons (Fsp3) is 0.692. The Kier molecular flexibility index (Phi) is 3.82. The van der Waals surface area contributed by atoms with Gasteiger partial charge in [-0.25, -0.2) is 8.42 Å². The Morgan fingerprint density at radius 3 is 2.67 bits per heavy atom. The van der Waals surface area contributed by atoms with E-state index in [1.54, 1.807) is 13.8 Å². The molecule has 0 spiro atoms. The Labute approximate surface area is 109 Å². The molecule has 1 heterocycles. The first-order valence-electron chi connectivity index (χ1n) is 6.53. The molecular formula is C13H22N2O2S. The summed E-state index contributed by atoms with van der Waals surface area (Å²) in [5, 5.41) is -0.304. The molecule has 0 saturated heterocycles. The van der Waals surface area contributed by atoms with E-state index in [9.17, 15) is 8.42 Å². The van der Waals surface area contributed by atoms with Crippen molar-refractivity contribution in [3.8, 4) is 0 Å². The average molecular weight is 270 g/mol. The molecule has 0 aromatic carbocycles. The lowest BCUT2D eigenvalue weighted by Crippen LogP contribution is -2.20. The van der Waals surface area contributed by atoms with Gasteiger partial charge < -0.3 is 10.3 Å². The van der Waals surface area contributed by atoms with Crippen molar-refractivity contribution in [3.05, 3.63) is 24.0 Å². The zero-order chi connectivity index (χ0) is 13.3. The molecule has 0 aliphatic heterocycles. The highest BCUT2D eigenvalue weighted by Gasteiger charge is 2.29. The van der Waals surface area contributed by atoms with Crippen LogP contribution in [0.25, 0.3) is 0 Å². The van der Waals surface area contributed by atoms with Crippen LogP contribution in [0.2, 0.25) is 0 Å². The molecule has 2 rings (SSSR count). The van der Waals surface area contributed by atoms with Crippen LogP contribution in [0.15, 0.2) is 18.5 Å². The van der Waals surface area contributed by atoms with E-state index in [2.05, 4.69) is 0 Å². The first-order valence-corrected chi connectivity index (χ1v) is 8.24. The number of nitrogens with two attached hydrogens (primary N) is 1. The monoisotopic (exact) mass is 270 g/mol. The molecule has 18 heavy (non-hydrogen) atoms. The van der Waals surface area contributed by atoms with Gasteiger partial charge in [-0.05, 0) is 44.2 Å². The van der Waals surface area contributed by atoms with E-state index in [-0.39, 0.29) is 17.0 Å². The number of hydrogen-bond acceptors (Lipinski definition) is 3. The minimum atomic E-state index is -2.96.